The Morgan fingerprint density at radius 2 is 1.02 bits per heavy atom. The second-order valence-electron chi connectivity index (χ2n) is 16.9. The molecule has 2 aromatic heterocycles. The molecule has 0 aliphatic carbocycles. The van der Waals surface area contributed by atoms with Crippen molar-refractivity contribution in [1.29, 1.82) is 0 Å². The fourth-order valence-electron chi connectivity index (χ4n) is 11.0. The van der Waals surface area contributed by atoms with Crippen LogP contribution in [0.4, 0.5) is 0 Å². The zero-order chi connectivity index (χ0) is 41.9. The molecule has 0 radical (unpaired) electrons. The first-order valence-electron chi connectivity index (χ1n) is 21.9. The summed E-state index contributed by atoms with van der Waals surface area (Å²) >= 11 is 0. The van der Waals surface area contributed by atoms with Gasteiger partial charge in [-0.3, -0.25) is 4.57 Å². The van der Waals surface area contributed by atoms with Crippen LogP contribution in [-0.2, 0) is 5.41 Å². The molecule has 0 bridgehead atoms. The van der Waals surface area contributed by atoms with Crippen molar-refractivity contribution in [3.05, 3.63) is 246 Å². The van der Waals surface area contributed by atoms with Gasteiger partial charge in [0.05, 0.1) is 33.2 Å². The Kier molecular flexibility index (Phi) is 7.28. The predicted octanol–water partition coefficient (Wildman–Crippen LogP) is 13.3. The van der Waals surface area contributed by atoms with Crippen LogP contribution >= 0.6 is 0 Å². The van der Waals surface area contributed by atoms with E-state index in [0.717, 1.165) is 67.0 Å². The molecule has 0 amide bonds. The van der Waals surface area contributed by atoms with Crippen LogP contribution in [0.2, 0.25) is 0 Å². The number of rotatable bonds is 3. The van der Waals surface area contributed by atoms with Crippen molar-refractivity contribution < 1.29 is 4.74 Å². The molecular formula is C58H37N5O. The number of nitrogens with one attached hydrogen (secondary N) is 1. The summed E-state index contributed by atoms with van der Waals surface area (Å²) in [4.78, 5) is 10.8. The topological polar surface area (TPSA) is 55.8 Å². The van der Waals surface area contributed by atoms with Gasteiger partial charge in [-0.25, -0.2) is 9.98 Å². The Morgan fingerprint density at radius 3 is 1.80 bits per heavy atom. The van der Waals surface area contributed by atoms with E-state index < -0.39 is 11.6 Å². The lowest BCUT2D eigenvalue weighted by molar-refractivity contribution is 0.438. The van der Waals surface area contributed by atoms with Crippen LogP contribution in [0, 0.1) is 0 Å². The van der Waals surface area contributed by atoms with E-state index in [9.17, 15) is 0 Å². The number of amidine groups is 1. The SMILES string of the molecule is c1ccc(C2=NC(c3ccc(-c4ccccc4)cc3)N=C(n3c4ccccc4c4ccc5c(c43)Oc3ccccc3C53c4ccccc4-n4c5ccccc5c5cccc3c54)N2)cc1. The Bertz CT molecular complexity index is 3790. The summed E-state index contributed by atoms with van der Waals surface area (Å²) in [7, 11) is 0. The van der Waals surface area contributed by atoms with Crippen LogP contribution in [0.3, 0.4) is 0 Å². The third kappa shape index (κ3) is 4.74. The molecular weight excluding hydrogens is 783 g/mol. The van der Waals surface area contributed by atoms with E-state index in [4.69, 9.17) is 14.7 Å². The summed E-state index contributed by atoms with van der Waals surface area (Å²) in [5.41, 5.74) is 13.8. The average molecular weight is 820 g/mol. The summed E-state index contributed by atoms with van der Waals surface area (Å²) in [5.74, 6) is 3.06. The summed E-state index contributed by atoms with van der Waals surface area (Å²) in [6.45, 7) is 0. The minimum Gasteiger partial charge on any atom is -0.454 e. The third-order valence-electron chi connectivity index (χ3n) is 13.6. The first-order chi connectivity index (χ1) is 31.8. The summed E-state index contributed by atoms with van der Waals surface area (Å²) in [6, 6.07) is 75.9. The van der Waals surface area contributed by atoms with Gasteiger partial charge in [0.25, 0.3) is 0 Å². The molecule has 11 aromatic rings. The molecule has 2 atom stereocenters. The van der Waals surface area contributed by atoms with Crippen LogP contribution < -0.4 is 10.1 Å². The molecule has 0 saturated carbocycles. The Labute approximate surface area is 368 Å². The molecule has 6 nitrogen and oxygen atoms in total. The van der Waals surface area contributed by atoms with Gasteiger partial charge in [-0.15, -0.1) is 0 Å². The molecule has 1 N–H and O–H groups in total. The molecule has 3 aliphatic heterocycles. The first kappa shape index (κ1) is 35.2. The van der Waals surface area contributed by atoms with Crippen LogP contribution in [-0.4, -0.2) is 20.9 Å². The Balaban J connectivity index is 1.06. The van der Waals surface area contributed by atoms with Gasteiger partial charge in [0.1, 0.15) is 11.6 Å². The second-order valence-corrected chi connectivity index (χ2v) is 16.9. The number of aliphatic imine (C=N–C) groups is 2. The predicted molar refractivity (Wildman–Crippen MR) is 259 cm³/mol. The largest absolute Gasteiger partial charge is 0.454 e. The van der Waals surface area contributed by atoms with Gasteiger partial charge in [-0.1, -0.05) is 188 Å². The molecule has 1 spiro atoms. The van der Waals surface area contributed by atoms with Crippen LogP contribution in [0.5, 0.6) is 11.5 Å². The quantitative estimate of drug-likeness (QED) is 0.193. The molecule has 0 saturated heterocycles. The number of ether oxygens (including phenoxy) is 1. The van der Waals surface area contributed by atoms with E-state index in [1.54, 1.807) is 0 Å². The van der Waals surface area contributed by atoms with E-state index in [2.05, 4.69) is 215 Å². The smallest absolute Gasteiger partial charge is 0.211 e. The van der Waals surface area contributed by atoms with Gasteiger partial charge in [0, 0.05) is 38.2 Å². The Morgan fingerprint density at radius 1 is 0.422 bits per heavy atom. The number of aromatic nitrogens is 2. The van der Waals surface area contributed by atoms with E-state index in [1.807, 2.05) is 12.1 Å². The fraction of sp³-hybridized carbons (Fsp3) is 0.0345. The fourth-order valence-corrected chi connectivity index (χ4v) is 11.0. The zero-order valence-electron chi connectivity index (χ0n) is 34.5. The number of hydrogen-bond donors (Lipinski definition) is 1. The lowest BCUT2D eigenvalue weighted by atomic mass is 9.61. The number of benzene rings is 9. The van der Waals surface area contributed by atoms with Gasteiger partial charge in [-0.2, -0.15) is 0 Å². The highest BCUT2D eigenvalue weighted by molar-refractivity contribution is 6.20. The maximum absolute atomic E-state index is 7.37. The van der Waals surface area contributed by atoms with Crippen molar-refractivity contribution in [2.24, 2.45) is 9.98 Å². The Hall–Kier alpha value is -8.48. The van der Waals surface area contributed by atoms with Crippen molar-refractivity contribution >= 4 is 55.4 Å². The molecule has 14 rings (SSSR count). The molecule has 3 aliphatic rings. The molecule has 300 valence electrons. The van der Waals surface area contributed by atoms with Gasteiger partial charge in [0.2, 0.25) is 5.96 Å². The average Bonchev–Trinajstić information content (AvgIpc) is 3.90. The van der Waals surface area contributed by atoms with E-state index in [-0.39, 0.29) is 0 Å². The molecule has 6 heteroatoms. The number of nitrogens with zero attached hydrogens (tertiary/aromatic N) is 4. The lowest BCUT2D eigenvalue weighted by Crippen LogP contribution is -2.40. The summed E-state index contributed by atoms with van der Waals surface area (Å²) in [5, 5.41) is 8.42. The van der Waals surface area contributed by atoms with Crippen molar-refractivity contribution in [3.8, 4) is 28.3 Å². The highest BCUT2D eigenvalue weighted by atomic mass is 16.5. The number of para-hydroxylation sites is 5. The maximum Gasteiger partial charge on any atom is 0.211 e. The minimum absolute atomic E-state index is 0.509. The van der Waals surface area contributed by atoms with Crippen molar-refractivity contribution in [3.63, 3.8) is 0 Å². The van der Waals surface area contributed by atoms with Crippen molar-refractivity contribution in [2.75, 3.05) is 0 Å². The molecule has 5 heterocycles. The van der Waals surface area contributed by atoms with Crippen LogP contribution in [0.25, 0.3) is 60.4 Å². The highest BCUT2D eigenvalue weighted by Crippen LogP contribution is 2.61. The standard InChI is InChI=1S/C58H37N5O/c1-3-16-36(17-4-1)37-30-32-39(33-31-37)56-59-55(38-18-5-2-6-19-38)60-57(61-56)63-49-27-12-8-21-41(49)43-34-35-47-54(53(43)63)64-51-29-14-10-24-45(51)58(47)44-23-9-13-28-50(44)62-48-26-11-7-20-40(48)42-22-15-25-46(58)52(42)62/h1-35,56H,(H,59,60,61). The third-order valence-corrected chi connectivity index (χ3v) is 13.6. The van der Waals surface area contributed by atoms with E-state index >= 15 is 0 Å². The minimum atomic E-state index is -0.721. The monoisotopic (exact) mass is 819 g/mol. The molecule has 64 heavy (non-hydrogen) atoms. The molecule has 0 fully saturated rings. The molecule has 9 aromatic carbocycles. The zero-order valence-corrected chi connectivity index (χ0v) is 34.5. The van der Waals surface area contributed by atoms with Crippen molar-refractivity contribution in [1.82, 2.24) is 14.5 Å². The first-order valence-corrected chi connectivity index (χ1v) is 21.9. The lowest BCUT2D eigenvalue weighted by Gasteiger charge is -2.45. The van der Waals surface area contributed by atoms with Crippen LogP contribution in [0.15, 0.2) is 222 Å². The van der Waals surface area contributed by atoms with Crippen molar-refractivity contribution in [2.45, 2.75) is 11.6 Å². The van der Waals surface area contributed by atoms with Crippen LogP contribution in [0.1, 0.15) is 39.5 Å². The van der Waals surface area contributed by atoms with Gasteiger partial charge < -0.3 is 14.6 Å². The second kappa shape index (κ2) is 13.3. The highest BCUT2D eigenvalue weighted by Gasteiger charge is 2.51. The van der Waals surface area contributed by atoms with Gasteiger partial charge >= 0.3 is 0 Å². The van der Waals surface area contributed by atoms with E-state index in [1.165, 1.54) is 44.2 Å². The number of fused-ring (bicyclic) bond motifs is 15. The van der Waals surface area contributed by atoms with Gasteiger partial charge in [0.15, 0.2) is 11.9 Å². The molecule has 2 unspecified atom stereocenters. The maximum atomic E-state index is 7.37. The number of hydrogen-bond acceptors (Lipinski definition) is 4. The summed E-state index contributed by atoms with van der Waals surface area (Å²) < 4.78 is 12.1. The van der Waals surface area contributed by atoms with E-state index in [0.29, 0.717) is 5.96 Å². The summed E-state index contributed by atoms with van der Waals surface area (Å²) in [6.07, 6.45) is -0.509. The normalized spacial score (nSPS) is 17.1. The van der Waals surface area contributed by atoms with Gasteiger partial charge in [-0.05, 0) is 52.1 Å².